The molecule has 12 heteroatoms. The molecule has 11 nitrogen and oxygen atoms in total. The zero-order chi connectivity index (χ0) is 33.9. The van der Waals surface area contributed by atoms with Gasteiger partial charge in [0.05, 0.1) is 24.4 Å². The van der Waals surface area contributed by atoms with Crippen molar-refractivity contribution in [3.63, 3.8) is 0 Å². The number of likely N-dealkylation sites (tertiary alicyclic amines) is 1. The van der Waals surface area contributed by atoms with Crippen LogP contribution in [0.25, 0.3) is 22.0 Å². The van der Waals surface area contributed by atoms with Gasteiger partial charge in [-0.2, -0.15) is 0 Å². The number of hydrogen-bond acceptors (Lipinski definition) is 9. The highest BCUT2D eigenvalue weighted by Gasteiger charge is 2.41. The van der Waals surface area contributed by atoms with Gasteiger partial charge in [-0.25, -0.2) is 14.6 Å². The minimum atomic E-state index is -0.851. The third-order valence-electron chi connectivity index (χ3n) is 8.89. The summed E-state index contributed by atoms with van der Waals surface area (Å²) in [5.41, 5.74) is 1.44. The number of benzene rings is 2. The van der Waals surface area contributed by atoms with E-state index in [9.17, 15) is 19.2 Å². The molecule has 3 amide bonds. The normalized spacial score (nSPS) is 18.4. The van der Waals surface area contributed by atoms with Gasteiger partial charge >= 0.3 is 12.1 Å². The van der Waals surface area contributed by atoms with Crippen LogP contribution in [0.2, 0.25) is 0 Å². The van der Waals surface area contributed by atoms with E-state index in [0.717, 1.165) is 39.9 Å². The van der Waals surface area contributed by atoms with Gasteiger partial charge in [0.25, 0.3) is 0 Å². The zero-order valence-electron chi connectivity index (χ0n) is 27.9. The predicted molar refractivity (Wildman–Crippen MR) is 179 cm³/mol. The number of rotatable bonds is 8. The highest BCUT2D eigenvalue weighted by atomic mass is 32.1. The summed E-state index contributed by atoms with van der Waals surface area (Å²) in [7, 11) is 2.89. The number of methoxy groups -OCH3 is 1. The molecule has 2 fully saturated rings. The minimum Gasteiger partial charge on any atom is -0.465 e. The summed E-state index contributed by atoms with van der Waals surface area (Å²) in [6, 6.07) is 9.46. The molecule has 47 heavy (non-hydrogen) atoms. The number of hydrogen-bond donors (Lipinski definition) is 1. The van der Waals surface area contributed by atoms with E-state index in [1.165, 1.54) is 30.4 Å². The Bertz CT molecular complexity index is 1630. The van der Waals surface area contributed by atoms with Crippen molar-refractivity contribution in [2.45, 2.75) is 77.1 Å². The highest BCUT2D eigenvalue weighted by Crippen LogP contribution is 2.39. The van der Waals surface area contributed by atoms with Crippen LogP contribution in [0.15, 0.2) is 41.8 Å². The Labute approximate surface area is 279 Å². The first-order valence-corrected chi connectivity index (χ1v) is 17.0. The van der Waals surface area contributed by atoms with Crippen molar-refractivity contribution < 1.29 is 33.4 Å². The van der Waals surface area contributed by atoms with Crippen molar-refractivity contribution in [1.82, 2.24) is 20.1 Å². The Morgan fingerprint density at radius 1 is 1.06 bits per heavy atom. The average molecular weight is 665 g/mol. The average Bonchev–Trinajstić information content (AvgIpc) is 3.75. The van der Waals surface area contributed by atoms with Crippen LogP contribution in [0, 0.1) is 5.92 Å². The molecule has 2 saturated heterocycles. The van der Waals surface area contributed by atoms with E-state index in [-0.39, 0.29) is 17.9 Å². The fraction of sp³-hybridized carbons (Fsp3) is 0.514. The molecule has 0 unspecified atom stereocenters. The summed E-state index contributed by atoms with van der Waals surface area (Å²) in [6.45, 7) is 8.51. The van der Waals surface area contributed by atoms with Crippen molar-refractivity contribution in [2.24, 2.45) is 5.92 Å². The fourth-order valence-electron chi connectivity index (χ4n) is 6.21. The van der Waals surface area contributed by atoms with Gasteiger partial charge < -0.3 is 24.4 Å². The molecule has 3 aromatic rings. The monoisotopic (exact) mass is 664 g/mol. The molecule has 0 spiro atoms. The molecule has 2 aliphatic rings. The molecule has 5 rings (SSSR count). The Morgan fingerprint density at radius 3 is 2.45 bits per heavy atom. The summed E-state index contributed by atoms with van der Waals surface area (Å²) in [4.78, 5) is 61.1. The maximum Gasteiger partial charge on any atom is 0.410 e. The number of likely N-dealkylation sites (N-methyl/N-ethyl adjacent to an activating group) is 1. The van der Waals surface area contributed by atoms with E-state index in [1.54, 1.807) is 33.8 Å². The molecule has 0 bridgehead atoms. The SMILES string of the molecule is COC(=O)c1ccc(-c2csc([C@@H]3CCCN3C(=O)[C@@H](NC(=O)[C@H](C)N(C)C(=O)OC(C)(C)C)C3CCOCC3)n2)c2ccccc12. The van der Waals surface area contributed by atoms with Gasteiger partial charge in [0, 0.05) is 37.7 Å². The van der Waals surface area contributed by atoms with Gasteiger partial charge in [0.2, 0.25) is 11.8 Å². The van der Waals surface area contributed by atoms with Crippen LogP contribution >= 0.6 is 11.3 Å². The number of carbonyl (C=O) groups excluding carboxylic acids is 4. The smallest absolute Gasteiger partial charge is 0.410 e. The largest absolute Gasteiger partial charge is 0.465 e. The number of nitrogens with zero attached hydrogens (tertiary/aromatic N) is 3. The number of thiazole rings is 1. The molecule has 2 aliphatic heterocycles. The summed E-state index contributed by atoms with van der Waals surface area (Å²) in [5.74, 6) is -1.07. The van der Waals surface area contributed by atoms with Gasteiger partial charge in [0.1, 0.15) is 22.7 Å². The Kier molecular flexibility index (Phi) is 10.5. The van der Waals surface area contributed by atoms with Crippen LogP contribution in [0.1, 0.15) is 74.8 Å². The standard InChI is InChI=1S/C35H44N4O7S/c1-21(38(5)34(43)46-35(2,3)4)30(40)37-29(22-15-18-45-19-16-22)32(41)39-17-9-12-28(39)31-36-27(20-47-31)25-13-14-26(33(42)44-6)24-11-8-7-10-23(24)25/h7-8,10-11,13-14,20-22,28-29H,9,12,15-19H2,1-6H3,(H,37,40)/t21-,28-,29-/m0/s1. The van der Waals surface area contributed by atoms with Crippen LogP contribution in [0.4, 0.5) is 4.79 Å². The molecular weight excluding hydrogens is 620 g/mol. The fourth-order valence-corrected chi connectivity index (χ4v) is 7.18. The molecule has 3 heterocycles. The molecule has 1 N–H and O–H groups in total. The maximum absolute atomic E-state index is 14.4. The van der Waals surface area contributed by atoms with Crippen molar-refractivity contribution in [3.05, 3.63) is 52.3 Å². The number of nitrogens with one attached hydrogen (secondary N) is 1. The predicted octanol–water partition coefficient (Wildman–Crippen LogP) is 5.58. The second-order valence-electron chi connectivity index (χ2n) is 13.2. The van der Waals surface area contributed by atoms with Crippen LogP contribution in [-0.2, 0) is 23.8 Å². The van der Waals surface area contributed by atoms with Crippen LogP contribution in [0.3, 0.4) is 0 Å². The molecule has 0 saturated carbocycles. The summed E-state index contributed by atoms with van der Waals surface area (Å²) < 4.78 is 16.0. The van der Waals surface area contributed by atoms with E-state index in [4.69, 9.17) is 19.2 Å². The van der Waals surface area contributed by atoms with E-state index < -0.39 is 35.7 Å². The zero-order valence-corrected chi connectivity index (χ0v) is 28.7. The third kappa shape index (κ3) is 7.59. The number of fused-ring (bicyclic) bond motifs is 1. The Balaban J connectivity index is 1.38. The van der Waals surface area contributed by atoms with Gasteiger partial charge in [-0.15, -0.1) is 11.3 Å². The highest BCUT2D eigenvalue weighted by molar-refractivity contribution is 7.10. The number of amides is 3. The van der Waals surface area contributed by atoms with Gasteiger partial charge in [-0.05, 0) is 76.1 Å². The first kappa shape index (κ1) is 34.3. The topological polar surface area (TPSA) is 127 Å². The number of esters is 1. The molecule has 2 aromatic carbocycles. The Hall–Kier alpha value is -4.03. The van der Waals surface area contributed by atoms with Gasteiger partial charge in [0.15, 0.2) is 0 Å². The second-order valence-corrected chi connectivity index (χ2v) is 14.1. The second kappa shape index (κ2) is 14.4. The van der Waals surface area contributed by atoms with E-state index in [1.807, 2.05) is 40.6 Å². The van der Waals surface area contributed by atoms with Gasteiger partial charge in [-0.1, -0.05) is 30.3 Å². The van der Waals surface area contributed by atoms with E-state index in [2.05, 4.69) is 5.32 Å². The Morgan fingerprint density at radius 2 is 1.77 bits per heavy atom. The lowest BCUT2D eigenvalue weighted by Gasteiger charge is -2.36. The molecule has 0 aliphatic carbocycles. The summed E-state index contributed by atoms with van der Waals surface area (Å²) in [5, 5.41) is 7.49. The van der Waals surface area contributed by atoms with Crippen molar-refractivity contribution in [2.75, 3.05) is 33.9 Å². The van der Waals surface area contributed by atoms with Crippen molar-refractivity contribution in [3.8, 4) is 11.3 Å². The van der Waals surface area contributed by atoms with Crippen LogP contribution in [-0.4, -0.2) is 90.3 Å². The number of ether oxygens (including phenoxy) is 3. The van der Waals surface area contributed by atoms with Crippen LogP contribution < -0.4 is 5.32 Å². The first-order chi connectivity index (χ1) is 22.4. The first-order valence-electron chi connectivity index (χ1n) is 16.1. The molecule has 1 aromatic heterocycles. The quantitative estimate of drug-likeness (QED) is 0.309. The lowest BCUT2D eigenvalue weighted by atomic mass is 9.90. The van der Waals surface area contributed by atoms with Crippen molar-refractivity contribution in [1.29, 1.82) is 0 Å². The third-order valence-corrected chi connectivity index (χ3v) is 9.84. The van der Waals surface area contributed by atoms with E-state index in [0.29, 0.717) is 38.2 Å². The number of carbonyl (C=O) groups is 4. The minimum absolute atomic E-state index is 0.105. The lowest BCUT2D eigenvalue weighted by Crippen LogP contribution is -2.57. The molecule has 3 atom stereocenters. The molecule has 0 radical (unpaired) electrons. The maximum atomic E-state index is 14.4. The summed E-state index contributed by atoms with van der Waals surface area (Å²) in [6.07, 6.45) is 2.24. The van der Waals surface area contributed by atoms with E-state index >= 15 is 0 Å². The number of aromatic nitrogens is 1. The lowest BCUT2D eigenvalue weighted by molar-refractivity contribution is -0.141. The molecule has 252 valence electrons. The van der Waals surface area contributed by atoms with Crippen molar-refractivity contribution >= 4 is 46.0 Å². The molecular formula is C35H44N4O7S. The van der Waals surface area contributed by atoms with Crippen LogP contribution in [0.5, 0.6) is 0 Å². The summed E-state index contributed by atoms with van der Waals surface area (Å²) >= 11 is 1.50. The van der Waals surface area contributed by atoms with Gasteiger partial charge in [-0.3, -0.25) is 14.5 Å².